The van der Waals surface area contributed by atoms with Gasteiger partial charge in [0.25, 0.3) is 5.91 Å². The molecule has 0 spiro atoms. The summed E-state index contributed by atoms with van der Waals surface area (Å²) in [4.78, 5) is 31.0. The topological polar surface area (TPSA) is 71.5 Å². The molecule has 148 valence electrons. The van der Waals surface area contributed by atoms with Gasteiger partial charge in [0.15, 0.2) is 0 Å². The van der Waals surface area contributed by atoms with Crippen LogP contribution in [0.5, 0.6) is 0 Å². The van der Waals surface area contributed by atoms with Crippen LogP contribution in [0.25, 0.3) is 22.2 Å². The third-order valence-corrected chi connectivity index (χ3v) is 5.13. The summed E-state index contributed by atoms with van der Waals surface area (Å²) in [6.45, 7) is 3.65. The number of morpholine rings is 1. The molecule has 1 aliphatic heterocycles. The quantitative estimate of drug-likeness (QED) is 0.710. The minimum absolute atomic E-state index is 0.0564. The Hall–Kier alpha value is -2.96. The standard InChI is InChI=1S/C22H20ClN3O3/c1-14(27)24-16-7-5-15(6-8-16)20-13-18(22(28)26-9-11-29-12-10-26)17-3-2-4-19(23)21(17)25-20/h2-8,13H,9-12H2,1H3,(H,24,27). The highest BCUT2D eigenvalue weighted by atomic mass is 35.5. The van der Waals surface area contributed by atoms with E-state index in [1.165, 1.54) is 6.92 Å². The summed E-state index contributed by atoms with van der Waals surface area (Å²) in [6, 6.07) is 14.6. The van der Waals surface area contributed by atoms with Gasteiger partial charge in [0.2, 0.25) is 5.91 Å². The molecule has 1 aliphatic rings. The van der Waals surface area contributed by atoms with Gasteiger partial charge in [-0.2, -0.15) is 0 Å². The molecular formula is C22H20ClN3O3. The van der Waals surface area contributed by atoms with Crippen LogP contribution in [-0.2, 0) is 9.53 Å². The van der Waals surface area contributed by atoms with Crippen LogP contribution < -0.4 is 5.32 Å². The molecule has 0 bridgehead atoms. The lowest BCUT2D eigenvalue weighted by molar-refractivity contribution is -0.114. The number of halogens is 1. The van der Waals surface area contributed by atoms with Gasteiger partial charge in [0.05, 0.1) is 35.0 Å². The molecule has 0 unspecified atom stereocenters. The molecule has 1 fully saturated rings. The van der Waals surface area contributed by atoms with Crippen LogP contribution in [0, 0.1) is 0 Å². The molecule has 1 N–H and O–H groups in total. The molecule has 0 aliphatic carbocycles. The third kappa shape index (κ3) is 4.09. The maximum Gasteiger partial charge on any atom is 0.254 e. The minimum atomic E-state index is -0.133. The molecule has 2 aromatic carbocycles. The predicted octanol–water partition coefficient (Wildman–Crippen LogP) is 3.99. The van der Waals surface area contributed by atoms with Crippen molar-refractivity contribution in [3.05, 3.63) is 59.1 Å². The van der Waals surface area contributed by atoms with Crippen molar-refractivity contribution in [2.24, 2.45) is 0 Å². The number of hydrogen-bond donors (Lipinski definition) is 1. The van der Waals surface area contributed by atoms with Crippen LogP contribution in [0.3, 0.4) is 0 Å². The molecule has 3 aromatic rings. The van der Waals surface area contributed by atoms with Crippen molar-refractivity contribution in [1.29, 1.82) is 0 Å². The van der Waals surface area contributed by atoms with Gasteiger partial charge < -0.3 is 15.0 Å². The second-order valence-corrected chi connectivity index (χ2v) is 7.26. The molecule has 2 heterocycles. The highest BCUT2D eigenvalue weighted by molar-refractivity contribution is 6.35. The smallest absolute Gasteiger partial charge is 0.254 e. The Morgan fingerprint density at radius 2 is 1.83 bits per heavy atom. The van der Waals surface area contributed by atoms with Crippen molar-refractivity contribution in [2.75, 3.05) is 31.6 Å². The maximum absolute atomic E-state index is 13.2. The zero-order chi connectivity index (χ0) is 20.4. The predicted molar refractivity (Wildman–Crippen MR) is 113 cm³/mol. The zero-order valence-electron chi connectivity index (χ0n) is 15.9. The molecular weight excluding hydrogens is 390 g/mol. The lowest BCUT2D eigenvalue weighted by atomic mass is 10.0. The third-order valence-electron chi connectivity index (χ3n) is 4.82. The van der Waals surface area contributed by atoms with Crippen LogP contribution >= 0.6 is 11.6 Å². The minimum Gasteiger partial charge on any atom is -0.378 e. The maximum atomic E-state index is 13.2. The molecule has 6 nitrogen and oxygen atoms in total. The van der Waals surface area contributed by atoms with Crippen LogP contribution in [0.2, 0.25) is 5.02 Å². The summed E-state index contributed by atoms with van der Waals surface area (Å²) in [6.07, 6.45) is 0. The molecule has 1 aromatic heterocycles. The summed E-state index contributed by atoms with van der Waals surface area (Å²) in [5.41, 5.74) is 3.34. The van der Waals surface area contributed by atoms with E-state index < -0.39 is 0 Å². The monoisotopic (exact) mass is 409 g/mol. The SMILES string of the molecule is CC(=O)Nc1ccc(-c2cc(C(=O)N3CCOCC3)c3cccc(Cl)c3n2)cc1. The number of rotatable bonds is 3. The largest absolute Gasteiger partial charge is 0.378 e. The average Bonchev–Trinajstić information content (AvgIpc) is 2.74. The van der Waals surface area contributed by atoms with E-state index in [1.54, 1.807) is 23.1 Å². The number of para-hydroxylation sites is 1. The van der Waals surface area contributed by atoms with Crippen molar-refractivity contribution in [1.82, 2.24) is 9.88 Å². The first-order valence-corrected chi connectivity index (χ1v) is 9.75. The first-order valence-electron chi connectivity index (χ1n) is 9.37. The molecule has 29 heavy (non-hydrogen) atoms. The second-order valence-electron chi connectivity index (χ2n) is 6.85. The van der Waals surface area contributed by atoms with E-state index in [0.29, 0.717) is 53.8 Å². The fourth-order valence-electron chi connectivity index (χ4n) is 3.40. The number of anilines is 1. The molecule has 2 amide bonds. The number of carbonyl (C=O) groups excluding carboxylic acids is 2. The highest BCUT2D eigenvalue weighted by Crippen LogP contribution is 2.30. The van der Waals surface area contributed by atoms with Crippen molar-refractivity contribution in [3.8, 4) is 11.3 Å². The Labute approximate surface area is 173 Å². The lowest BCUT2D eigenvalue weighted by Gasteiger charge is -2.27. The number of carbonyl (C=O) groups is 2. The van der Waals surface area contributed by atoms with E-state index in [2.05, 4.69) is 5.32 Å². The number of nitrogens with one attached hydrogen (secondary N) is 1. The average molecular weight is 410 g/mol. The number of aromatic nitrogens is 1. The Bertz CT molecular complexity index is 1080. The first kappa shape index (κ1) is 19.4. The van der Waals surface area contributed by atoms with Gasteiger partial charge in [0, 0.05) is 36.7 Å². The summed E-state index contributed by atoms with van der Waals surface area (Å²) in [5.74, 6) is -0.189. The number of hydrogen-bond acceptors (Lipinski definition) is 4. The number of pyridine rings is 1. The van der Waals surface area contributed by atoms with Crippen LogP contribution in [0.1, 0.15) is 17.3 Å². The van der Waals surface area contributed by atoms with E-state index in [9.17, 15) is 9.59 Å². The van der Waals surface area contributed by atoms with E-state index in [0.717, 1.165) is 10.9 Å². The van der Waals surface area contributed by atoms with E-state index in [1.807, 2.05) is 30.3 Å². The number of ether oxygens (including phenoxy) is 1. The number of fused-ring (bicyclic) bond motifs is 1. The van der Waals surface area contributed by atoms with E-state index in [4.69, 9.17) is 21.3 Å². The molecule has 0 saturated carbocycles. The fourth-order valence-corrected chi connectivity index (χ4v) is 3.62. The second kappa shape index (κ2) is 8.19. The van der Waals surface area contributed by atoms with Crippen molar-refractivity contribution >= 4 is 40.0 Å². The van der Waals surface area contributed by atoms with Gasteiger partial charge in [-0.3, -0.25) is 9.59 Å². The van der Waals surface area contributed by atoms with Gasteiger partial charge in [-0.25, -0.2) is 4.98 Å². The molecule has 0 atom stereocenters. The van der Waals surface area contributed by atoms with Crippen LogP contribution in [0.4, 0.5) is 5.69 Å². The van der Waals surface area contributed by atoms with Crippen LogP contribution in [0.15, 0.2) is 48.5 Å². The van der Waals surface area contributed by atoms with Crippen LogP contribution in [-0.4, -0.2) is 48.0 Å². The Balaban J connectivity index is 1.80. The zero-order valence-corrected chi connectivity index (χ0v) is 16.7. The number of benzene rings is 2. The normalized spacial score (nSPS) is 14.1. The van der Waals surface area contributed by atoms with E-state index in [-0.39, 0.29) is 11.8 Å². The van der Waals surface area contributed by atoms with Gasteiger partial charge >= 0.3 is 0 Å². The Morgan fingerprint density at radius 3 is 2.52 bits per heavy atom. The Morgan fingerprint density at radius 1 is 1.10 bits per heavy atom. The van der Waals surface area contributed by atoms with Gasteiger partial charge in [0.1, 0.15) is 0 Å². The highest BCUT2D eigenvalue weighted by Gasteiger charge is 2.22. The van der Waals surface area contributed by atoms with E-state index >= 15 is 0 Å². The molecule has 7 heteroatoms. The van der Waals surface area contributed by atoms with Gasteiger partial charge in [-0.15, -0.1) is 0 Å². The number of amides is 2. The fraction of sp³-hybridized carbons (Fsp3) is 0.227. The molecule has 0 radical (unpaired) electrons. The van der Waals surface area contributed by atoms with Gasteiger partial charge in [-0.05, 0) is 24.3 Å². The number of nitrogens with zero attached hydrogens (tertiary/aromatic N) is 2. The van der Waals surface area contributed by atoms with Gasteiger partial charge in [-0.1, -0.05) is 35.9 Å². The summed E-state index contributed by atoms with van der Waals surface area (Å²) >= 11 is 6.41. The Kier molecular flexibility index (Phi) is 5.47. The van der Waals surface area contributed by atoms with Crippen molar-refractivity contribution in [2.45, 2.75) is 6.92 Å². The van der Waals surface area contributed by atoms with Crippen molar-refractivity contribution in [3.63, 3.8) is 0 Å². The molecule has 4 rings (SSSR count). The summed E-state index contributed by atoms with van der Waals surface area (Å²) in [7, 11) is 0. The first-order chi connectivity index (χ1) is 14.0. The molecule has 1 saturated heterocycles. The summed E-state index contributed by atoms with van der Waals surface area (Å²) < 4.78 is 5.37. The lowest BCUT2D eigenvalue weighted by Crippen LogP contribution is -2.40. The summed E-state index contributed by atoms with van der Waals surface area (Å²) in [5, 5.41) is 3.97. The van der Waals surface area contributed by atoms with Crippen molar-refractivity contribution < 1.29 is 14.3 Å².